The first-order valence-corrected chi connectivity index (χ1v) is 12.7. The Hall–Kier alpha value is -3.73. The number of carboxylic acid groups (broad SMARTS) is 1. The topological polar surface area (TPSA) is 140 Å². The van der Waals surface area contributed by atoms with Crippen LogP contribution in [0.2, 0.25) is 0 Å². The van der Waals surface area contributed by atoms with Crippen LogP contribution in [0.15, 0.2) is 34.6 Å². The van der Waals surface area contributed by atoms with Gasteiger partial charge in [0.25, 0.3) is 5.56 Å². The first-order valence-electron chi connectivity index (χ1n) is 11.8. The Morgan fingerprint density at radius 2 is 2.03 bits per heavy atom. The Morgan fingerprint density at radius 3 is 2.67 bits per heavy atom. The number of thiazole rings is 1. The third-order valence-electron chi connectivity index (χ3n) is 6.12. The quantitative estimate of drug-likeness (QED) is 0.439. The van der Waals surface area contributed by atoms with Crippen LogP contribution in [0.3, 0.4) is 0 Å². The second-order valence-corrected chi connectivity index (χ2v) is 9.98. The van der Waals surface area contributed by atoms with Crippen molar-refractivity contribution >= 4 is 40.9 Å². The number of nitrogens with zero attached hydrogens (tertiary/aromatic N) is 4. The third-order valence-corrected chi connectivity index (χ3v) is 7.04. The molecule has 3 N–H and O–H groups in total. The maximum absolute atomic E-state index is 13.3. The predicted molar refractivity (Wildman–Crippen MR) is 138 cm³/mol. The van der Waals surface area contributed by atoms with Gasteiger partial charge in [-0.3, -0.25) is 9.20 Å². The average molecular weight is 512 g/mol. The molecule has 1 aliphatic heterocycles. The highest BCUT2D eigenvalue weighted by Crippen LogP contribution is 2.24. The van der Waals surface area contributed by atoms with Crippen molar-refractivity contribution < 1.29 is 19.4 Å². The minimum Gasteiger partial charge on any atom is -0.478 e. The lowest BCUT2D eigenvalue weighted by molar-refractivity contribution is -0.131. The number of anilines is 1. The van der Waals surface area contributed by atoms with Crippen LogP contribution in [0.1, 0.15) is 54.4 Å². The summed E-state index contributed by atoms with van der Waals surface area (Å²) >= 11 is 1.65. The molecule has 1 saturated heterocycles. The Kier molecular flexibility index (Phi) is 7.68. The van der Waals surface area contributed by atoms with E-state index in [9.17, 15) is 14.4 Å². The van der Waals surface area contributed by atoms with Crippen molar-refractivity contribution in [1.82, 2.24) is 14.4 Å². The van der Waals surface area contributed by atoms with Crippen LogP contribution in [0.4, 0.5) is 10.6 Å². The zero-order chi connectivity index (χ0) is 25.8. The molecule has 190 valence electrons. The van der Waals surface area contributed by atoms with Gasteiger partial charge in [0.2, 0.25) is 0 Å². The summed E-state index contributed by atoms with van der Waals surface area (Å²) < 4.78 is 6.53. The van der Waals surface area contributed by atoms with Crippen molar-refractivity contribution in [2.24, 2.45) is 5.73 Å². The van der Waals surface area contributed by atoms with Crippen molar-refractivity contribution in [2.45, 2.75) is 51.6 Å². The van der Waals surface area contributed by atoms with Crippen LogP contribution in [0.25, 0.3) is 11.7 Å². The van der Waals surface area contributed by atoms with Gasteiger partial charge in [0.15, 0.2) is 0 Å². The van der Waals surface area contributed by atoms with Gasteiger partial charge in [-0.15, -0.1) is 11.3 Å². The number of carboxylic acids is 1. The van der Waals surface area contributed by atoms with E-state index in [0.29, 0.717) is 43.3 Å². The summed E-state index contributed by atoms with van der Waals surface area (Å²) in [7, 11) is 0. The molecular formula is C25H29N5O5S. The number of amides is 1. The Balaban J connectivity index is 1.63. The van der Waals surface area contributed by atoms with Crippen LogP contribution in [-0.2, 0) is 22.4 Å². The summed E-state index contributed by atoms with van der Waals surface area (Å²) in [6, 6.07) is 3.76. The number of nitrogens with two attached hydrogens (primary N) is 1. The van der Waals surface area contributed by atoms with E-state index >= 15 is 0 Å². The lowest BCUT2D eigenvalue weighted by atomic mass is 10.1. The molecule has 0 atom stereocenters. The average Bonchev–Trinajstić information content (AvgIpc) is 3.31. The van der Waals surface area contributed by atoms with Crippen molar-refractivity contribution in [3.8, 4) is 0 Å². The van der Waals surface area contributed by atoms with E-state index in [1.54, 1.807) is 17.5 Å². The van der Waals surface area contributed by atoms with Gasteiger partial charge in [0, 0.05) is 50.0 Å². The molecular weight excluding hydrogens is 482 g/mol. The second kappa shape index (κ2) is 10.9. The van der Waals surface area contributed by atoms with E-state index in [1.807, 2.05) is 17.0 Å². The Labute approximate surface area is 212 Å². The molecule has 1 amide bonds. The number of primary amides is 1. The van der Waals surface area contributed by atoms with Crippen LogP contribution >= 0.6 is 11.3 Å². The third kappa shape index (κ3) is 5.91. The monoisotopic (exact) mass is 511 g/mol. The van der Waals surface area contributed by atoms with Gasteiger partial charge in [-0.25, -0.2) is 19.6 Å². The molecule has 0 saturated carbocycles. The second-order valence-electron chi connectivity index (χ2n) is 9.03. The molecule has 4 heterocycles. The number of hydrogen-bond acceptors (Lipinski definition) is 8. The van der Waals surface area contributed by atoms with Crippen LogP contribution in [0, 0.1) is 0 Å². The van der Waals surface area contributed by atoms with Gasteiger partial charge >= 0.3 is 12.1 Å². The van der Waals surface area contributed by atoms with Crippen molar-refractivity contribution in [3.63, 3.8) is 0 Å². The lowest BCUT2D eigenvalue weighted by Crippen LogP contribution is -2.40. The molecule has 0 aliphatic carbocycles. The van der Waals surface area contributed by atoms with Gasteiger partial charge in [0.1, 0.15) is 17.6 Å². The molecule has 0 aromatic carbocycles. The number of aryl methyl sites for hydroxylation is 2. The Morgan fingerprint density at radius 1 is 1.28 bits per heavy atom. The molecule has 1 fully saturated rings. The van der Waals surface area contributed by atoms with Gasteiger partial charge < -0.3 is 20.5 Å². The summed E-state index contributed by atoms with van der Waals surface area (Å²) in [6.45, 7) is 5.21. The van der Waals surface area contributed by atoms with Crippen molar-refractivity contribution in [3.05, 3.63) is 62.0 Å². The molecule has 11 heteroatoms. The molecule has 3 aromatic heterocycles. The van der Waals surface area contributed by atoms with Crippen LogP contribution in [0.5, 0.6) is 0 Å². The van der Waals surface area contributed by atoms with Crippen molar-refractivity contribution in [1.29, 1.82) is 0 Å². The number of carbonyl (C=O) groups is 2. The minimum atomic E-state index is -1.16. The van der Waals surface area contributed by atoms with E-state index in [4.69, 9.17) is 25.5 Å². The number of carbonyl (C=O) groups excluding carboxylic acids is 1. The van der Waals surface area contributed by atoms with Crippen molar-refractivity contribution in [2.75, 3.05) is 18.0 Å². The van der Waals surface area contributed by atoms with Gasteiger partial charge in [-0.05, 0) is 36.1 Å². The lowest BCUT2D eigenvalue weighted by Gasteiger charge is -2.32. The highest BCUT2D eigenvalue weighted by Gasteiger charge is 2.25. The van der Waals surface area contributed by atoms with Gasteiger partial charge in [-0.1, -0.05) is 13.8 Å². The first-order chi connectivity index (χ1) is 17.2. The molecule has 0 spiro atoms. The minimum absolute atomic E-state index is 0.195. The summed E-state index contributed by atoms with van der Waals surface area (Å²) in [5.41, 5.74) is 7.58. The fourth-order valence-corrected chi connectivity index (χ4v) is 5.14. The standard InChI is InChI=1S/C25H29N5O5S/c1-15(2)19-14-36-21(27-19)5-3-16-7-12-30-20(13-16)28-23(18(24(30)33)4-6-22(31)32)29-10-8-17(9-11-29)35-25(26)34/h4,6-7,12-15,17H,3,5,8-11H2,1-2H3,(H2,26,34)(H,31,32). The number of hydrogen-bond donors (Lipinski definition) is 2. The fraction of sp³-hybridized carbons (Fsp3) is 0.400. The number of rotatable bonds is 8. The summed E-state index contributed by atoms with van der Waals surface area (Å²) in [5.74, 6) is -0.354. The van der Waals surface area contributed by atoms with Crippen LogP contribution < -0.4 is 16.2 Å². The Bertz CT molecular complexity index is 1350. The first kappa shape index (κ1) is 25.4. The zero-order valence-corrected chi connectivity index (χ0v) is 21.0. The molecule has 0 radical (unpaired) electrons. The molecule has 36 heavy (non-hydrogen) atoms. The molecule has 0 unspecified atom stereocenters. The molecule has 0 bridgehead atoms. The van der Waals surface area contributed by atoms with E-state index in [1.165, 1.54) is 10.5 Å². The van der Waals surface area contributed by atoms with Gasteiger partial charge in [0.05, 0.1) is 16.3 Å². The number of aromatic nitrogens is 3. The number of ether oxygens (including phenoxy) is 1. The molecule has 3 aromatic rings. The summed E-state index contributed by atoms with van der Waals surface area (Å²) in [6.07, 6.45) is 5.38. The van der Waals surface area contributed by atoms with E-state index in [-0.39, 0.29) is 17.2 Å². The van der Waals surface area contributed by atoms with E-state index in [0.717, 1.165) is 35.2 Å². The smallest absolute Gasteiger partial charge is 0.404 e. The maximum Gasteiger partial charge on any atom is 0.404 e. The summed E-state index contributed by atoms with van der Waals surface area (Å²) in [5, 5.41) is 12.3. The predicted octanol–water partition coefficient (Wildman–Crippen LogP) is 3.22. The summed E-state index contributed by atoms with van der Waals surface area (Å²) in [4.78, 5) is 46.9. The SMILES string of the molecule is CC(C)c1csc(CCc2ccn3c(=O)c(C=CC(=O)O)c(N4CCC(OC(N)=O)CC4)nc3c2)n1. The van der Waals surface area contributed by atoms with E-state index in [2.05, 4.69) is 19.2 Å². The molecule has 10 nitrogen and oxygen atoms in total. The maximum atomic E-state index is 13.3. The van der Waals surface area contributed by atoms with Gasteiger partial charge in [-0.2, -0.15) is 0 Å². The number of aliphatic carboxylic acids is 1. The highest BCUT2D eigenvalue weighted by molar-refractivity contribution is 7.09. The fourth-order valence-electron chi connectivity index (χ4n) is 4.19. The highest BCUT2D eigenvalue weighted by atomic mass is 32.1. The van der Waals surface area contributed by atoms with Crippen LogP contribution in [-0.4, -0.2) is 50.7 Å². The number of fused-ring (bicyclic) bond motifs is 1. The molecule has 4 rings (SSSR count). The van der Waals surface area contributed by atoms with E-state index < -0.39 is 12.1 Å². The zero-order valence-electron chi connectivity index (χ0n) is 20.2. The largest absolute Gasteiger partial charge is 0.478 e. The molecule has 1 aliphatic rings. The number of pyridine rings is 1. The number of piperidine rings is 1. The normalized spacial score (nSPS) is 14.7.